The molecule has 0 aromatic heterocycles. The number of halogens is 3. The maximum atomic E-state index is 13.6. The van der Waals surface area contributed by atoms with Crippen molar-refractivity contribution in [1.29, 1.82) is 0 Å². The van der Waals surface area contributed by atoms with E-state index in [-0.39, 0.29) is 16.1 Å². The Balaban J connectivity index is 1.60. The van der Waals surface area contributed by atoms with Crippen molar-refractivity contribution < 1.29 is 18.9 Å². The van der Waals surface area contributed by atoms with E-state index in [0.717, 1.165) is 22.3 Å². The van der Waals surface area contributed by atoms with Crippen LogP contribution in [0.1, 0.15) is 43.1 Å². The number of fused-ring (bicyclic) bond motifs is 1. The molecule has 0 amide bonds. The number of hydrogen-bond acceptors (Lipinski definition) is 4. The number of rotatable bonds is 2. The Bertz CT molecular complexity index is 912. The Morgan fingerprint density at radius 2 is 1.92 bits per heavy atom. The number of hydrogen-bond donors (Lipinski definition) is 1. The summed E-state index contributed by atoms with van der Waals surface area (Å²) in [5.74, 6) is -0.643. The van der Waals surface area contributed by atoms with Gasteiger partial charge in [0.1, 0.15) is 0 Å². The van der Waals surface area contributed by atoms with Crippen LogP contribution in [0.5, 0.6) is 0 Å². The van der Waals surface area contributed by atoms with Gasteiger partial charge in [0.05, 0.1) is 21.4 Å². The Labute approximate surface area is 160 Å². The lowest BCUT2D eigenvalue weighted by Crippen LogP contribution is -2.28. The second kappa shape index (κ2) is 6.24. The first kappa shape index (κ1) is 17.8. The molecule has 0 bridgehead atoms. The quantitative estimate of drug-likeness (QED) is 0.620. The van der Waals surface area contributed by atoms with Crippen LogP contribution in [0, 0.1) is 5.82 Å². The molecule has 0 fully saturated rings. The molecular weight excluding hydrogens is 379 g/mol. The van der Waals surface area contributed by atoms with E-state index in [1.807, 2.05) is 32.0 Å². The number of oxime groups is 1. The molecular formula is C18H15BCl2FNO3. The standard InChI is InChI=1S/C18H15BCl2FNO3/c1-18(2)11-5-9(3-4-12(11)19(24)26-18)15-8-16(25-23-15)10-6-13(20)17(22)14(21)7-10/h3-7,16,24H,8H2,1-2H3. The molecule has 134 valence electrons. The fourth-order valence-corrected chi connectivity index (χ4v) is 3.87. The highest BCUT2D eigenvalue weighted by atomic mass is 35.5. The molecule has 2 aliphatic rings. The third-order valence-electron chi connectivity index (χ3n) is 4.75. The molecule has 0 radical (unpaired) electrons. The van der Waals surface area contributed by atoms with E-state index in [4.69, 9.17) is 32.7 Å². The monoisotopic (exact) mass is 393 g/mol. The first-order valence-electron chi connectivity index (χ1n) is 8.14. The molecule has 2 aliphatic heterocycles. The van der Waals surface area contributed by atoms with Crippen LogP contribution in [0.25, 0.3) is 0 Å². The summed E-state index contributed by atoms with van der Waals surface area (Å²) in [6.07, 6.45) is 0.115. The van der Waals surface area contributed by atoms with Crippen molar-refractivity contribution >= 4 is 41.5 Å². The van der Waals surface area contributed by atoms with Gasteiger partial charge in [-0.25, -0.2) is 4.39 Å². The highest BCUT2D eigenvalue weighted by molar-refractivity contribution is 6.62. The predicted octanol–water partition coefficient (Wildman–Crippen LogP) is 3.95. The van der Waals surface area contributed by atoms with Gasteiger partial charge in [0.15, 0.2) is 11.9 Å². The molecule has 4 nitrogen and oxygen atoms in total. The summed E-state index contributed by atoms with van der Waals surface area (Å²) in [5.41, 5.74) is 3.40. The van der Waals surface area contributed by atoms with Gasteiger partial charge in [0.2, 0.25) is 0 Å². The van der Waals surface area contributed by atoms with Gasteiger partial charge in [-0.05, 0) is 54.2 Å². The van der Waals surface area contributed by atoms with Crippen LogP contribution < -0.4 is 5.46 Å². The highest BCUT2D eigenvalue weighted by Crippen LogP contribution is 2.36. The van der Waals surface area contributed by atoms with Gasteiger partial charge in [-0.3, -0.25) is 0 Å². The molecule has 4 rings (SSSR count). The van der Waals surface area contributed by atoms with Gasteiger partial charge in [0, 0.05) is 6.42 Å². The molecule has 2 heterocycles. The second-order valence-corrected chi connectivity index (χ2v) is 7.73. The van der Waals surface area contributed by atoms with Crippen molar-refractivity contribution in [3.05, 3.63) is 62.9 Å². The van der Waals surface area contributed by atoms with E-state index >= 15 is 0 Å². The van der Waals surface area contributed by atoms with Crippen molar-refractivity contribution in [2.75, 3.05) is 0 Å². The van der Waals surface area contributed by atoms with Gasteiger partial charge >= 0.3 is 7.12 Å². The zero-order valence-corrected chi connectivity index (χ0v) is 15.6. The van der Waals surface area contributed by atoms with Crippen LogP contribution >= 0.6 is 23.2 Å². The van der Waals surface area contributed by atoms with E-state index < -0.39 is 18.5 Å². The van der Waals surface area contributed by atoms with Crippen LogP contribution in [0.4, 0.5) is 4.39 Å². The molecule has 8 heteroatoms. The average molecular weight is 394 g/mol. The lowest BCUT2D eigenvalue weighted by atomic mass is 9.77. The summed E-state index contributed by atoms with van der Waals surface area (Å²) < 4.78 is 19.2. The fraction of sp³-hybridized carbons (Fsp3) is 0.278. The lowest BCUT2D eigenvalue weighted by molar-refractivity contribution is 0.0857. The summed E-state index contributed by atoms with van der Waals surface area (Å²) in [6, 6.07) is 8.68. The summed E-state index contributed by atoms with van der Waals surface area (Å²) >= 11 is 11.7. The molecule has 1 atom stereocenters. The van der Waals surface area contributed by atoms with Crippen molar-refractivity contribution in [3.63, 3.8) is 0 Å². The third-order valence-corrected chi connectivity index (χ3v) is 5.30. The Hall–Kier alpha value is -1.60. The van der Waals surface area contributed by atoms with Crippen molar-refractivity contribution in [3.8, 4) is 0 Å². The van der Waals surface area contributed by atoms with Gasteiger partial charge in [-0.1, -0.05) is 40.5 Å². The van der Waals surface area contributed by atoms with Gasteiger partial charge in [0.25, 0.3) is 0 Å². The molecule has 2 aromatic rings. The smallest absolute Gasteiger partial charge is 0.423 e. The topological polar surface area (TPSA) is 51.0 Å². The number of nitrogens with zero attached hydrogens (tertiary/aromatic N) is 1. The molecule has 0 saturated heterocycles. The zero-order valence-electron chi connectivity index (χ0n) is 14.1. The van der Waals surface area contributed by atoms with Crippen LogP contribution in [0.2, 0.25) is 10.0 Å². The summed E-state index contributed by atoms with van der Waals surface area (Å²) in [5, 5.41) is 14.1. The van der Waals surface area contributed by atoms with Gasteiger partial charge in [-0.2, -0.15) is 0 Å². The summed E-state index contributed by atoms with van der Waals surface area (Å²) in [7, 11) is -0.924. The van der Waals surface area contributed by atoms with Crippen LogP contribution in [-0.4, -0.2) is 17.9 Å². The summed E-state index contributed by atoms with van der Waals surface area (Å²) in [4.78, 5) is 5.52. The normalized spacial score (nSPS) is 20.8. The van der Waals surface area contributed by atoms with E-state index in [1.54, 1.807) is 0 Å². The van der Waals surface area contributed by atoms with Crippen molar-refractivity contribution in [2.45, 2.75) is 32.0 Å². The Morgan fingerprint density at radius 3 is 2.62 bits per heavy atom. The minimum atomic E-state index is -0.924. The summed E-state index contributed by atoms with van der Waals surface area (Å²) in [6.45, 7) is 3.81. The van der Waals surface area contributed by atoms with E-state index in [1.165, 1.54) is 12.1 Å². The molecule has 0 aliphatic carbocycles. The maximum Gasteiger partial charge on any atom is 0.492 e. The molecule has 26 heavy (non-hydrogen) atoms. The largest absolute Gasteiger partial charge is 0.492 e. The third kappa shape index (κ3) is 2.91. The Morgan fingerprint density at radius 1 is 1.23 bits per heavy atom. The average Bonchev–Trinajstić information content (AvgIpc) is 3.16. The molecule has 1 unspecified atom stereocenters. The highest BCUT2D eigenvalue weighted by Gasteiger charge is 2.41. The molecule has 2 aromatic carbocycles. The molecule has 1 N–H and O–H groups in total. The maximum absolute atomic E-state index is 13.6. The fourth-order valence-electron chi connectivity index (χ4n) is 3.37. The molecule has 0 spiro atoms. The zero-order chi connectivity index (χ0) is 18.6. The molecule has 0 saturated carbocycles. The SMILES string of the molecule is CC1(C)OB(O)c2ccc(C3=NOC(c4cc(Cl)c(F)c(Cl)c4)C3)cc21. The van der Waals surface area contributed by atoms with E-state index in [2.05, 4.69) is 5.16 Å². The van der Waals surface area contributed by atoms with Gasteiger partial charge < -0.3 is 14.5 Å². The lowest BCUT2D eigenvalue weighted by Gasteiger charge is -2.20. The second-order valence-electron chi connectivity index (χ2n) is 6.92. The van der Waals surface area contributed by atoms with Gasteiger partial charge in [-0.15, -0.1) is 0 Å². The van der Waals surface area contributed by atoms with Crippen molar-refractivity contribution in [2.24, 2.45) is 5.16 Å². The number of benzene rings is 2. The van der Waals surface area contributed by atoms with Crippen LogP contribution in [-0.2, 0) is 15.1 Å². The van der Waals surface area contributed by atoms with Crippen LogP contribution in [0.15, 0.2) is 35.5 Å². The van der Waals surface area contributed by atoms with Crippen LogP contribution in [0.3, 0.4) is 0 Å². The van der Waals surface area contributed by atoms with E-state index in [0.29, 0.717) is 12.0 Å². The minimum Gasteiger partial charge on any atom is -0.423 e. The van der Waals surface area contributed by atoms with Crippen molar-refractivity contribution in [1.82, 2.24) is 0 Å². The minimum absolute atomic E-state index is 0.0463. The van der Waals surface area contributed by atoms with E-state index in [9.17, 15) is 9.41 Å². The first-order chi connectivity index (χ1) is 12.3. The first-order valence-corrected chi connectivity index (χ1v) is 8.89. The Kier molecular flexibility index (Phi) is 4.27. The predicted molar refractivity (Wildman–Crippen MR) is 99.6 cm³/mol.